The number of rotatable bonds is 7. The number of amides is 3. The molecule has 170 valence electrons. The van der Waals surface area contributed by atoms with Crippen molar-refractivity contribution in [2.75, 3.05) is 26.0 Å². The van der Waals surface area contributed by atoms with Gasteiger partial charge in [-0.3, -0.25) is 29.3 Å². The number of pyridine rings is 1. The Morgan fingerprint density at radius 3 is 2.66 bits per heavy atom. The monoisotopic (exact) mass is 458 g/mol. The van der Waals surface area contributed by atoms with Crippen LogP contribution < -0.4 is 5.32 Å². The van der Waals surface area contributed by atoms with Crippen LogP contribution in [0.5, 0.6) is 0 Å². The fourth-order valence-corrected chi connectivity index (χ4v) is 5.20. The number of piperazine rings is 1. The molecule has 1 aliphatic heterocycles. The summed E-state index contributed by atoms with van der Waals surface area (Å²) in [5.74, 6) is -0.311. The van der Waals surface area contributed by atoms with Crippen LogP contribution in [-0.2, 0) is 25.7 Å². The van der Waals surface area contributed by atoms with Gasteiger partial charge in [-0.15, -0.1) is 10.2 Å². The highest BCUT2D eigenvalue weighted by Crippen LogP contribution is 2.36. The van der Waals surface area contributed by atoms with Crippen LogP contribution >= 0.6 is 11.8 Å². The molecule has 0 unspecified atom stereocenters. The molecule has 0 atom stereocenters. The number of carbonyl (C=O) groups excluding carboxylic acids is 3. The first-order chi connectivity index (χ1) is 15.5. The number of hydrogen-bond donors (Lipinski definition) is 1. The second-order valence-corrected chi connectivity index (χ2v) is 8.87. The minimum atomic E-state index is -0.921. The van der Waals surface area contributed by atoms with Gasteiger partial charge in [-0.25, -0.2) is 0 Å². The van der Waals surface area contributed by atoms with Gasteiger partial charge < -0.3 is 9.64 Å². The lowest BCUT2D eigenvalue weighted by Crippen LogP contribution is -2.69. The molecule has 0 bridgehead atoms. The van der Waals surface area contributed by atoms with Crippen LogP contribution in [0, 0.1) is 0 Å². The zero-order chi connectivity index (χ0) is 22.6. The molecule has 0 radical (unpaired) electrons. The maximum Gasteiger partial charge on any atom is 0.252 e. The molecule has 1 saturated heterocycles. The van der Waals surface area contributed by atoms with E-state index < -0.39 is 11.4 Å². The minimum Gasteiger partial charge on any atom is -0.383 e. The van der Waals surface area contributed by atoms with E-state index >= 15 is 0 Å². The predicted octanol–water partition coefficient (Wildman–Crippen LogP) is 1.27. The Bertz CT molecular complexity index is 989. The van der Waals surface area contributed by atoms with E-state index in [0.29, 0.717) is 37.0 Å². The Kier molecular flexibility index (Phi) is 6.85. The van der Waals surface area contributed by atoms with Gasteiger partial charge in [0.1, 0.15) is 12.1 Å². The summed E-state index contributed by atoms with van der Waals surface area (Å²) in [7, 11) is 1.62. The Morgan fingerprint density at radius 1 is 1.19 bits per heavy atom. The zero-order valence-electron chi connectivity index (χ0n) is 18.0. The van der Waals surface area contributed by atoms with Crippen molar-refractivity contribution in [2.24, 2.45) is 0 Å². The van der Waals surface area contributed by atoms with Crippen LogP contribution in [0.15, 0.2) is 29.7 Å². The Labute approximate surface area is 190 Å². The molecule has 2 aromatic heterocycles. The summed E-state index contributed by atoms with van der Waals surface area (Å²) >= 11 is 1.25. The fourth-order valence-electron chi connectivity index (χ4n) is 4.36. The van der Waals surface area contributed by atoms with Gasteiger partial charge >= 0.3 is 0 Å². The molecule has 2 fully saturated rings. The molecule has 3 heterocycles. The molecule has 0 aromatic carbocycles. The highest BCUT2D eigenvalue weighted by Gasteiger charge is 2.50. The lowest BCUT2D eigenvalue weighted by Gasteiger charge is -2.47. The molecule has 4 rings (SSSR count). The lowest BCUT2D eigenvalue weighted by molar-refractivity contribution is -0.158. The van der Waals surface area contributed by atoms with E-state index in [-0.39, 0.29) is 24.1 Å². The Hall–Kier alpha value is -2.79. The van der Waals surface area contributed by atoms with Gasteiger partial charge in [-0.1, -0.05) is 31.0 Å². The second kappa shape index (κ2) is 9.78. The summed E-state index contributed by atoms with van der Waals surface area (Å²) < 4.78 is 7.13. The van der Waals surface area contributed by atoms with E-state index in [0.717, 1.165) is 24.8 Å². The first-order valence-corrected chi connectivity index (χ1v) is 11.6. The highest BCUT2D eigenvalue weighted by molar-refractivity contribution is 7.99. The average molecular weight is 459 g/mol. The van der Waals surface area contributed by atoms with Crippen LogP contribution in [0.4, 0.5) is 0 Å². The van der Waals surface area contributed by atoms with Gasteiger partial charge in [0, 0.05) is 25.1 Å². The zero-order valence-corrected chi connectivity index (χ0v) is 18.8. The van der Waals surface area contributed by atoms with Crippen molar-refractivity contribution in [2.45, 2.75) is 49.3 Å². The van der Waals surface area contributed by atoms with Crippen molar-refractivity contribution in [3.63, 3.8) is 0 Å². The molecule has 1 aliphatic carbocycles. The molecule has 1 saturated carbocycles. The molecule has 32 heavy (non-hydrogen) atoms. The maximum absolute atomic E-state index is 13.2. The smallest absolute Gasteiger partial charge is 0.252 e. The predicted molar refractivity (Wildman–Crippen MR) is 117 cm³/mol. The largest absolute Gasteiger partial charge is 0.383 e. The van der Waals surface area contributed by atoms with Gasteiger partial charge in [0.25, 0.3) is 5.91 Å². The van der Waals surface area contributed by atoms with E-state index in [4.69, 9.17) is 4.74 Å². The number of aromatic nitrogens is 4. The number of carbonyl (C=O) groups is 3. The summed E-state index contributed by atoms with van der Waals surface area (Å²) in [6.07, 6.45) is 7.28. The summed E-state index contributed by atoms with van der Waals surface area (Å²) in [5.41, 5.74) is -0.0587. The molecule has 3 amide bonds. The van der Waals surface area contributed by atoms with Crippen molar-refractivity contribution >= 4 is 29.5 Å². The van der Waals surface area contributed by atoms with Crippen molar-refractivity contribution < 1.29 is 19.1 Å². The van der Waals surface area contributed by atoms with Crippen molar-refractivity contribution in [3.8, 4) is 11.4 Å². The van der Waals surface area contributed by atoms with Gasteiger partial charge in [-0.2, -0.15) is 0 Å². The molecule has 11 heteroatoms. The Morgan fingerprint density at radius 2 is 1.94 bits per heavy atom. The van der Waals surface area contributed by atoms with Crippen molar-refractivity contribution in [1.82, 2.24) is 30.0 Å². The number of methoxy groups -OCH3 is 1. The van der Waals surface area contributed by atoms with E-state index in [2.05, 4.69) is 20.5 Å². The van der Waals surface area contributed by atoms with Crippen LogP contribution in [-0.4, -0.2) is 73.9 Å². The van der Waals surface area contributed by atoms with Gasteiger partial charge in [0.15, 0.2) is 11.0 Å². The number of ether oxygens (including phenoxy) is 1. The molecular weight excluding hydrogens is 432 g/mol. The Balaban J connectivity index is 1.53. The molecule has 10 nitrogen and oxygen atoms in total. The third-order valence-electron chi connectivity index (χ3n) is 5.97. The summed E-state index contributed by atoms with van der Waals surface area (Å²) in [4.78, 5) is 43.5. The first kappa shape index (κ1) is 22.4. The summed E-state index contributed by atoms with van der Waals surface area (Å²) in [6, 6.07) is 3.69. The highest BCUT2D eigenvalue weighted by atomic mass is 32.2. The molecular formula is C21H26N6O4S. The van der Waals surface area contributed by atoms with Crippen LogP contribution in [0.1, 0.15) is 32.1 Å². The quantitative estimate of drug-likeness (QED) is 0.487. The maximum atomic E-state index is 13.2. The van der Waals surface area contributed by atoms with Crippen LogP contribution in [0.25, 0.3) is 11.4 Å². The third kappa shape index (κ3) is 4.40. The fraction of sp³-hybridized carbons (Fsp3) is 0.524. The van der Waals surface area contributed by atoms with Crippen molar-refractivity contribution in [3.05, 3.63) is 24.5 Å². The normalized spacial score (nSPS) is 18.1. The molecule has 1 N–H and O–H groups in total. The molecule has 2 aromatic rings. The number of nitrogens with one attached hydrogen (secondary N) is 1. The number of hydrogen-bond acceptors (Lipinski definition) is 8. The van der Waals surface area contributed by atoms with Gasteiger partial charge in [0.2, 0.25) is 11.8 Å². The average Bonchev–Trinajstić information content (AvgIpc) is 3.22. The SMILES string of the molecule is COCCn1c(SCC(=O)N2CC(=O)NC(=O)C23CCCCC3)nnc1-c1ccncc1. The van der Waals surface area contributed by atoms with E-state index in [1.807, 2.05) is 16.7 Å². The van der Waals surface area contributed by atoms with Gasteiger partial charge in [0.05, 0.1) is 18.9 Å². The topological polar surface area (TPSA) is 119 Å². The lowest BCUT2D eigenvalue weighted by atomic mass is 9.78. The second-order valence-electron chi connectivity index (χ2n) is 7.92. The van der Waals surface area contributed by atoms with E-state index in [1.165, 1.54) is 16.7 Å². The summed E-state index contributed by atoms with van der Waals surface area (Å²) in [5, 5.41) is 11.6. The van der Waals surface area contributed by atoms with Crippen molar-refractivity contribution in [1.29, 1.82) is 0 Å². The van der Waals surface area contributed by atoms with E-state index in [9.17, 15) is 14.4 Å². The number of nitrogens with zero attached hydrogens (tertiary/aromatic N) is 5. The van der Waals surface area contributed by atoms with E-state index in [1.54, 1.807) is 19.5 Å². The standard InChI is InChI=1S/C21H26N6O4S/c1-31-12-11-26-18(15-5-9-22-10-6-15)24-25-20(26)32-14-17(29)27-13-16(28)23-19(30)21(27)7-3-2-4-8-21/h5-6,9-10H,2-4,7-8,11-14H2,1H3,(H,23,28,30). The summed E-state index contributed by atoms with van der Waals surface area (Å²) in [6.45, 7) is 0.886. The number of imide groups is 1. The minimum absolute atomic E-state index is 0.0593. The third-order valence-corrected chi connectivity index (χ3v) is 6.93. The molecule has 2 aliphatic rings. The first-order valence-electron chi connectivity index (χ1n) is 10.7. The van der Waals surface area contributed by atoms with Crippen LogP contribution in [0.2, 0.25) is 0 Å². The van der Waals surface area contributed by atoms with Gasteiger partial charge in [-0.05, 0) is 25.0 Å². The molecule has 1 spiro atoms. The van der Waals surface area contributed by atoms with Crippen LogP contribution in [0.3, 0.4) is 0 Å². The number of thioether (sulfide) groups is 1.